The van der Waals surface area contributed by atoms with Crippen LogP contribution in [0.25, 0.3) is 0 Å². The molecule has 0 radical (unpaired) electrons. The molecule has 1 rings (SSSR count). The quantitative estimate of drug-likeness (QED) is 0.488. The molecule has 0 bridgehead atoms. The summed E-state index contributed by atoms with van der Waals surface area (Å²) in [7, 11) is 0. The van der Waals surface area contributed by atoms with Gasteiger partial charge >= 0.3 is 0 Å². The lowest BCUT2D eigenvalue weighted by atomic mass is 9.65. The van der Waals surface area contributed by atoms with E-state index in [0.717, 1.165) is 5.92 Å². The second-order valence-corrected chi connectivity index (χ2v) is 4.38. The molecule has 0 aromatic carbocycles. The van der Waals surface area contributed by atoms with Crippen LogP contribution in [0.2, 0.25) is 0 Å². The van der Waals surface area contributed by atoms with Gasteiger partial charge in [-0.25, -0.2) is 0 Å². The zero-order valence-electron chi connectivity index (χ0n) is 10.2. The highest BCUT2D eigenvalue weighted by Crippen LogP contribution is 2.43. The Balaban J connectivity index is 0. The average Bonchev–Trinajstić information content (AvgIpc) is 1.90. The first kappa shape index (κ1) is 14.5. The van der Waals surface area contributed by atoms with E-state index >= 15 is 0 Å². The van der Waals surface area contributed by atoms with Gasteiger partial charge in [0, 0.05) is 0 Å². The second kappa shape index (κ2) is 7.64. The molecule has 0 aromatic heterocycles. The van der Waals surface area contributed by atoms with Crippen molar-refractivity contribution in [3.63, 3.8) is 0 Å². The number of rotatable bonds is 0. The van der Waals surface area contributed by atoms with E-state index in [1.54, 1.807) is 0 Å². The molecule has 0 amide bonds. The largest absolute Gasteiger partial charge is 0.0683 e. The average molecular weight is 172 g/mol. The molecule has 1 aliphatic carbocycles. The molecule has 1 fully saturated rings. The molecule has 0 unspecified atom stereocenters. The Morgan fingerprint density at radius 1 is 1.08 bits per heavy atom. The van der Waals surface area contributed by atoms with Crippen molar-refractivity contribution in [1.82, 2.24) is 0 Å². The molecule has 0 aromatic rings. The van der Waals surface area contributed by atoms with Crippen LogP contribution >= 0.6 is 0 Å². The fraction of sp³-hybridized carbons (Fsp3) is 1.00. The van der Waals surface area contributed by atoms with Gasteiger partial charge in [0.2, 0.25) is 0 Å². The summed E-state index contributed by atoms with van der Waals surface area (Å²) in [5.41, 5.74) is 0.694. The summed E-state index contributed by atoms with van der Waals surface area (Å²) >= 11 is 0. The Labute approximate surface area is 79.8 Å². The minimum Gasteiger partial charge on any atom is -0.0683 e. The lowest BCUT2D eigenvalue weighted by Gasteiger charge is -2.40. The van der Waals surface area contributed by atoms with E-state index in [-0.39, 0.29) is 0 Å². The minimum absolute atomic E-state index is 0.694. The van der Waals surface area contributed by atoms with Crippen LogP contribution in [-0.4, -0.2) is 0 Å². The Bertz CT molecular complexity index is 74.0. The topological polar surface area (TPSA) is 0 Å². The molecule has 0 atom stereocenters. The van der Waals surface area contributed by atoms with Crippen molar-refractivity contribution in [1.29, 1.82) is 0 Å². The molecular formula is C12H28. The molecule has 76 valence electrons. The van der Waals surface area contributed by atoms with Crippen LogP contribution in [0, 0.1) is 11.3 Å². The van der Waals surface area contributed by atoms with Crippen LogP contribution in [0.1, 0.15) is 67.7 Å². The Hall–Kier alpha value is 0. The monoisotopic (exact) mass is 172 g/mol. The van der Waals surface area contributed by atoms with Crippen molar-refractivity contribution in [2.24, 2.45) is 11.3 Å². The highest BCUT2D eigenvalue weighted by molar-refractivity contribution is 4.83. The lowest BCUT2D eigenvalue weighted by Crippen LogP contribution is -2.29. The van der Waals surface area contributed by atoms with Gasteiger partial charge in [-0.2, -0.15) is 0 Å². The summed E-state index contributed by atoms with van der Waals surface area (Å²) in [6.07, 6.45) is 4.12. The normalized spacial score (nSPS) is 19.2. The first-order chi connectivity index (χ1) is 5.52. The molecule has 0 heterocycles. The van der Waals surface area contributed by atoms with E-state index in [1.807, 2.05) is 13.8 Å². The maximum Gasteiger partial charge on any atom is -0.0349 e. The molecule has 0 saturated heterocycles. The fourth-order valence-corrected chi connectivity index (χ4v) is 1.83. The zero-order valence-corrected chi connectivity index (χ0v) is 10.2. The van der Waals surface area contributed by atoms with Crippen molar-refractivity contribution in [3.05, 3.63) is 0 Å². The van der Waals surface area contributed by atoms with Gasteiger partial charge in [-0.1, -0.05) is 54.9 Å². The SMILES string of the molecule is CC.CC1CC(C)(C)C1.CCC. The summed E-state index contributed by atoms with van der Waals surface area (Å²) in [6.45, 7) is 15.3. The predicted molar refractivity (Wildman–Crippen MR) is 59.5 cm³/mol. The van der Waals surface area contributed by atoms with E-state index < -0.39 is 0 Å². The van der Waals surface area contributed by atoms with Crippen LogP contribution in [-0.2, 0) is 0 Å². The van der Waals surface area contributed by atoms with Gasteiger partial charge in [-0.3, -0.25) is 0 Å². The summed E-state index contributed by atoms with van der Waals surface area (Å²) < 4.78 is 0. The van der Waals surface area contributed by atoms with Crippen LogP contribution in [0.5, 0.6) is 0 Å². The summed E-state index contributed by atoms with van der Waals surface area (Å²) in [5.74, 6) is 1.01. The Kier molecular flexibility index (Phi) is 9.24. The summed E-state index contributed by atoms with van der Waals surface area (Å²) in [5, 5.41) is 0. The van der Waals surface area contributed by atoms with Crippen molar-refractivity contribution in [2.45, 2.75) is 67.7 Å². The second-order valence-electron chi connectivity index (χ2n) is 4.38. The molecule has 12 heavy (non-hydrogen) atoms. The Morgan fingerprint density at radius 2 is 1.33 bits per heavy atom. The van der Waals surface area contributed by atoms with Crippen molar-refractivity contribution in [3.8, 4) is 0 Å². The predicted octanol–water partition coefficient (Wildman–Crippen LogP) is 4.89. The first-order valence-electron chi connectivity index (χ1n) is 5.52. The molecule has 0 N–H and O–H groups in total. The van der Waals surface area contributed by atoms with Gasteiger partial charge < -0.3 is 0 Å². The summed E-state index contributed by atoms with van der Waals surface area (Å²) in [6, 6.07) is 0. The molecular weight excluding hydrogens is 144 g/mol. The van der Waals surface area contributed by atoms with E-state index in [9.17, 15) is 0 Å². The molecule has 0 aliphatic heterocycles. The zero-order chi connectivity index (χ0) is 10.2. The molecule has 1 aliphatic rings. The third-order valence-corrected chi connectivity index (χ3v) is 1.80. The van der Waals surface area contributed by atoms with E-state index in [2.05, 4.69) is 34.6 Å². The Morgan fingerprint density at radius 3 is 1.33 bits per heavy atom. The van der Waals surface area contributed by atoms with Gasteiger partial charge in [0.15, 0.2) is 0 Å². The number of hydrogen-bond acceptors (Lipinski definition) is 0. The smallest absolute Gasteiger partial charge is 0.0349 e. The van der Waals surface area contributed by atoms with Crippen LogP contribution in [0.4, 0.5) is 0 Å². The third kappa shape index (κ3) is 8.10. The lowest BCUT2D eigenvalue weighted by molar-refractivity contribution is 0.111. The van der Waals surface area contributed by atoms with E-state index in [4.69, 9.17) is 0 Å². The molecule has 0 heteroatoms. The standard InChI is InChI=1S/C7H14.C3H8.C2H6/c1-6-4-7(2,3)5-6;1-3-2;1-2/h6H,4-5H2,1-3H3;3H2,1-2H3;1-2H3. The first-order valence-corrected chi connectivity index (χ1v) is 5.52. The van der Waals surface area contributed by atoms with Gasteiger partial charge in [-0.15, -0.1) is 0 Å². The van der Waals surface area contributed by atoms with Crippen molar-refractivity contribution >= 4 is 0 Å². The maximum atomic E-state index is 2.34. The van der Waals surface area contributed by atoms with Crippen LogP contribution in [0.3, 0.4) is 0 Å². The fourth-order valence-electron chi connectivity index (χ4n) is 1.83. The molecule has 0 nitrogen and oxygen atoms in total. The highest BCUT2D eigenvalue weighted by atomic mass is 14.4. The van der Waals surface area contributed by atoms with Gasteiger partial charge in [0.05, 0.1) is 0 Å². The van der Waals surface area contributed by atoms with Crippen LogP contribution in [0.15, 0.2) is 0 Å². The van der Waals surface area contributed by atoms with E-state index in [1.165, 1.54) is 19.3 Å². The number of hydrogen-bond donors (Lipinski definition) is 0. The van der Waals surface area contributed by atoms with Gasteiger partial charge in [0.25, 0.3) is 0 Å². The molecule has 1 saturated carbocycles. The van der Waals surface area contributed by atoms with Crippen molar-refractivity contribution in [2.75, 3.05) is 0 Å². The molecule has 0 spiro atoms. The summed E-state index contributed by atoms with van der Waals surface area (Å²) in [4.78, 5) is 0. The highest BCUT2D eigenvalue weighted by Gasteiger charge is 2.32. The third-order valence-electron chi connectivity index (χ3n) is 1.80. The van der Waals surface area contributed by atoms with E-state index in [0.29, 0.717) is 5.41 Å². The minimum atomic E-state index is 0.694. The maximum absolute atomic E-state index is 2.34. The van der Waals surface area contributed by atoms with Gasteiger partial charge in [-0.05, 0) is 24.2 Å². The van der Waals surface area contributed by atoms with Crippen molar-refractivity contribution < 1.29 is 0 Å². The van der Waals surface area contributed by atoms with Gasteiger partial charge in [0.1, 0.15) is 0 Å². The van der Waals surface area contributed by atoms with Crippen LogP contribution < -0.4 is 0 Å².